The molecule has 2 rings (SSSR count). The van der Waals surface area contributed by atoms with Gasteiger partial charge in [-0.25, -0.2) is 0 Å². The lowest BCUT2D eigenvalue weighted by atomic mass is 10.0. The summed E-state index contributed by atoms with van der Waals surface area (Å²) in [4.78, 5) is 14.9. The van der Waals surface area contributed by atoms with Crippen LogP contribution in [0.4, 0.5) is 5.69 Å². The Bertz CT molecular complexity index is 508. The molecule has 1 aliphatic rings. The number of amides is 1. The van der Waals surface area contributed by atoms with E-state index in [0.717, 1.165) is 38.5 Å². The van der Waals surface area contributed by atoms with Crippen molar-refractivity contribution in [2.24, 2.45) is 0 Å². The van der Waals surface area contributed by atoms with E-state index in [1.165, 1.54) is 5.56 Å². The lowest BCUT2D eigenvalue weighted by molar-refractivity contribution is -0.125. The van der Waals surface area contributed by atoms with Gasteiger partial charge in [-0.1, -0.05) is 17.7 Å². The minimum atomic E-state index is -0.658. The maximum Gasteiger partial charge on any atom is 0.245 e. The van der Waals surface area contributed by atoms with Gasteiger partial charge in [0.15, 0.2) is 0 Å². The molecule has 0 spiro atoms. The van der Waals surface area contributed by atoms with E-state index in [-0.39, 0.29) is 11.9 Å². The fourth-order valence-electron chi connectivity index (χ4n) is 2.68. The van der Waals surface area contributed by atoms with Crippen molar-refractivity contribution in [1.82, 2.24) is 10.2 Å². The predicted octanol–water partition coefficient (Wildman–Crippen LogP) is 2.02. The van der Waals surface area contributed by atoms with Crippen molar-refractivity contribution < 1.29 is 9.53 Å². The van der Waals surface area contributed by atoms with Crippen molar-refractivity contribution in [3.8, 4) is 0 Å². The van der Waals surface area contributed by atoms with Gasteiger partial charge in [0.1, 0.15) is 5.54 Å². The molecule has 2 N–H and O–H groups in total. The van der Waals surface area contributed by atoms with E-state index in [1.54, 1.807) is 0 Å². The Kier molecular flexibility index (Phi) is 6.02. The largest absolute Gasteiger partial charge is 0.379 e. The number of anilines is 1. The van der Waals surface area contributed by atoms with Crippen molar-refractivity contribution >= 4 is 11.6 Å². The summed E-state index contributed by atoms with van der Waals surface area (Å²) in [6, 6.07) is 8.19. The molecule has 0 bridgehead atoms. The van der Waals surface area contributed by atoms with Crippen molar-refractivity contribution in [2.45, 2.75) is 39.3 Å². The Balaban J connectivity index is 1.85. The topological polar surface area (TPSA) is 53.6 Å². The highest BCUT2D eigenvalue weighted by Gasteiger charge is 2.28. The molecule has 23 heavy (non-hydrogen) atoms. The molecule has 5 nitrogen and oxygen atoms in total. The molecule has 1 aromatic carbocycles. The summed E-state index contributed by atoms with van der Waals surface area (Å²) < 4.78 is 5.35. The van der Waals surface area contributed by atoms with Gasteiger partial charge in [-0.2, -0.15) is 0 Å². The van der Waals surface area contributed by atoms with Gasteiger partial charge in [-0.3, -0.25) is 9.69 Å². The van der Waals surface area contributed by atoms with E-state index in [0.29, 0.717) is 0 Å². The molecule has 0 radical (unpaired) electrons. The van der Waals surface area contributed by atoms with Crippen LogP contribution in [-0.2, 0) is 9.53 Å². The SMILES string of the molecule is Cc1ccc(NC(C)(C)C(=O)NC(C)CN2CCOCC2)cc1. The van der Waals surface area contributed by atoms with Crippen molar-refractivity contribution in [1.29, 1.82) is 0 Å². The van der Waals surface area contributed by atoms with Crippen LogP contribution >= 0.6 is 0 Å². The highest BCUT2D eigenvalue weighted by Crippen LogP contribution is 2.16. The molecule has 1 saturated heterocycles. The first-order valence-electron chi connectivity index (χ1n) is 8.33. The van der Waals surface area contributed by atoms with E-state index in [2.05, 4.69) is 29.4 Å². The first-order valence-corrected chi connectivity index (χ1v) is 8.33. The normalized spacial score (nSPS) is 17.6. The number of carbonyl (C=O) groups is 1. The fourth-order valence-corrected chi connectivity index (χ4v) is 2.68. The average molecular weight is 319 g/mol. The Morgan fingerprint density at radius 2 is 1.87 bits per heavy atom. The third kappa shape index (κ3) is 5.52. The van der Waals surface area contributed by atoms with Crippen molar-refractivity contribution in [3.05, 3.63) is 29.8 Å². The lowest BCUT2D eigenvalue weighted by Gasteiger charge is -2.32. The molecule has 1 aromatic rings. The molecule has 1 unspecified atom stereocenters. The Morgan fingerprint density at radius 1 is 1.26 bits per heavy atom. The number of hydrogen-bond donors (Lipinski definition) is 2. The minimum Gasteiger partial charge on any atom is -0.379 e. The second-order valence-electron chi connectivity index (χ2n) is 6.90. The maximum absolute atomic E-state index is 12.6. The number of nitrogens with one attached hydrogen (secondary N) is 2. The van der Waals surface area contributed by atoms with Crippen LogP contribution in [0.1, 0.15) is 26.3 Å². The lowest BCUT2D eigenvalue weighted by Crippen LogP contribution is -2.53. The number of morpholine rings is 1. The molecule has 1 atom stereocenters. The Hall–Kier alpha value is -1.59. The number of rotatable bonds is 6. The molecule has 1 aliphatic heterocycles. The first-order chi connectivity index (χ1) is 10.9. The number of carbonyl (C=O) groups excluding carboxylic acids is 1. The Morgan fingerprint density at radius 3 is 2.48 bits per heavy atom. The molecule has 0 saturated carbocycles. The van der Waals surface area contributed by atoms with Crippen LogP contribution in [0.3, 0.4) is 0 Å². The molecule has 0 aromatic heterocycles. The van der Waals surface area contributed by atoms with E-state index in [1.807, 2.05) is 38.1 Å². The zero-order valence-corrected chi connectivity index (χ0v) is 14.7. The molecule has 1 fully saturated rings. The number of hydrogen-bond acceptors (Lipinski definition) is 4. The summed E-state index contributed by atoms with van der Waals surface area (Å²) in [7, 11) is 0. The monoisotopic (exact) mass is 319 g/mol. The van der Waals surface area contributed by atoms with Gasteiger partial charge in [0, 0.05) is 31.4 Å². The van der Waals surface area contributed by atoms with E-state index in [9.17, 15) is 4.79 Å². The van der Waals surface area contributed by atoms with Crippen LogP contribution in [0.25, 0.3) is 0 Å². The third-order valence-corrected chi connectivity index (χ3v) is 4.09. The fraction of sp³-hybridized carbons (Fsp3) is 0.611. The van der Waals surface area contributed by atoms with Gasteiger partial charge in [0.25, 0.3) is 0 Å². The summed E-state index contributed by atoms with van der Waals surface area (Å²) >= 11 is 0. The molecule has 1 amide bonds. The van der Waals surface area contributed by atoms with Gasteiger partial charge >= 0.3 is 0 Å². The molecule has 1 heterocycles. The maximum atomic E-state index is 12.6. The van der Waals surface area contributed by atoms with Gasteiger partial charge in [-0.05, 0) is 39.8 Å². The zero-order valence-electron chi connectivity index (χ0n) is 14.7. The summed E-state index contributed by atoms with van der Waals surface area (Å²) in [5.74, 6) is 0.0128. The van der Waals surface area contributed by atoms with E-state index < -0.39 is 5.54 Å². The van der Waals surface area contributed by atoms with E-state index >= 15 is 0 Å². The van der Waals surface area contributed by atoms with Crippen molar-refractivity contribution in [3.63, 3.8) is 0 Å². The quantitative estimate of drug-likeness (QED) is 0.842. The van der Waals surface area contributed by atoms with Gasteiger partial charge < -0.3 is 15.4 Å². The second-order valence-corrected chi connectivity index (χ2v) is 6.90. The van der Waals surface area contributed by atoms with Crippen LogP contribution in [0.5, 0.6) is 0 Å². The van der Waals surface area contributed by atoms with E-state index in [4.69, 9.17) is 4.74 Å². The highest BCUT2D eigenvalue weighted by atomic mass is 16.5. The predicted molar refractivity (Wildman–Crippen MR) is 93.7 cm³/mol. The van der Waals surface area contributed by atoms with Crippen LogP contribution in [-0.4, -0.2) is 55.2 Å². The van der Waals surface area contributed by atoms with Crippen LogP contribution in [0, 0.1) is 6.92 Å². The van der Waals surface area contributed by atoms with Gasteiger partial charge in [-0.15, -0.1) is 0 Å². The molecule has 0 aliphatic carbocycles. The van der Waals surface area contributed by atoms with Crippen LogP contribution in [0.15, 0.2) is 24.3 Å². The minimum absolute atomic E-state index is 0.0128. The molecular formula is C18H29N3O2. The highest BCUT2D eigenvalue weighted by molar-refractivity contribution is 5.88. The molecular weight excluding hydrogens is 290 g/mol. The smallest absolute Gasteiger partial charge is 0.245 e. The van der Waals surface area contributed by atoms with Gasteiger partial charge in [0.05, 0.1) is 13.2 Å². The summed E-state index contributed by atoms with van der Waals surface area (Å²) in [6.07, 6.45) is 0. The Labute approximate surface area is 139 Å². The summed E-state index contributed by atoms with van der Waals surface area (Å²) in [5, 5.41) is 6.42. The standard InChI is InChI=1S/C18H29N3O2/c1-14-5-7-16(8-6-14)20-18(3,4)17(22)19-15(2)13-21-9-11-23-12-10-21/h5-8,15,20H,9-13H2,1-4H3,(H,19,22). The number of benzene rings is 1. The number of ether oxygens (including phenoxy) is 1. The van der Waals surface area contributed by atoms with Gasteiger partial charge in [0.2, 0.25) is 5.91 Å². The number of nitrogens with zero attached hydrogens (tertiary/aromatic N) is 1. The third-order valence-electron chi connectivity index (χ3n) is 4.09. The van der Waals surface area contributed by atoms with Crippen molar-refractivity contribution in [2.75, 3.05) is 38.2 Å². The van der Waals surface area contributed by atoms with Crippen LogP contribution < -0.4 is 10.6 Å². The molecule has 128 valence electrons. The van der Waals surface area contributed by atoms with Crippen LogP contribution in [0.2, 0.25) is 0 Å². The summed E-state index contributed by atoms with van der Waals surface area (Å²) in [6.45, 7) is 12.2. The average Bonchev–Trinajstić information content (AvgIpc) is 2.50. The number of aryl methyl sites for hydroxylation is 1. The first kappa shape index (κ1) is 17.8. The zero-order chi connectivity index (χ0) is 16.9. The second kappa shape index (κ2) is 7.79. The molecule has 5 heteroatoms. The summed E-state index contributed by atoms with van der Waals surface area (Å²) in [5.41, 5.74) is 1.50.